The number of carbonyl (C=O) groups excluding carboxylic acids is 3. The molecule has 1 heterocycles. The van der Waals surface area contributed by atoms with E-state index in [2.05, 4.69) is 0 Å². The summed E-state index contributed by atoms with van der Waals surface area (Å²) in [5, 5.41) is 0.462. The van der Waals surface area contributed by atoms with Gasteiger partial charge in [0.2, 0.25) is 0 Å². The van der Waals surface area contributed by atoms with Crippen LogP contribution in [0.5, 0.6) is 0 Å². The van der Waals surface area contributed by atoms with Gasteiger partial charge in [0, 0.05) is 18.9 Å². The minimum atomic E-state index is -1.55. The number of cyclic esters (lactones) is 2. The highest BCUT2D eigenvalue weighted by Crippen LogP contribution is 2.42. The molecule has 0 spiro atoms. The molecule has 2 rings (SSSR count). The van der Waals surface area contributed by atoms with Crippen LogP contribution < -0.4 is 0 Å². The van der Waals surface area contributed by atoms with Crippen LogP contribution in [-0.4, -0.2) is 30.8 Å². The van der Waals surface area contributed by atoms with Crippen molar-refractivity contribution in [3.8, 4) is 0 Å². The molecule has 0 saturated carbocycles. The van der Waals surface area contributed by atoms with Crippen molar-refractivity contribution < 1.29 is 28.6 Å². The monoisotopic (exact) mass is 354 g/mol. The molecule has 24 heavy (non-hydrogen) atoms. The van der Waals surface area contributed by atoms with Gasteiger partial charge in [0.25, 0.3) is 5.79 Å². The molecule has 1 fully saturated rings. The predicted octanol–water partition coefficient (Wildman–Crippen LogP) is 2.61. The SMILES string of the molecule is CC[C@@](C(=O)OC)(c1ccc(Cl)cc1)C1C(=O)OC(C)(C)OC1=O. The first kappa shape index (κ1) is 18.3. The van der Waals surface area contributed by atoms with Crippen LogP contribution in [-0.2, 0) is 34.0 Å². The molecule has 0 bridgehead atoms. The molecular weight excluding hydrogens is 336 g/mol. The van der Waals surface area contributed by atoms with Crippen LogP contribution in [0.15, 0.2) is 24.3 Å². The molecule has 130 valence electrons. The lowest BCUT2D eigenvalue weighted by molar-refractivity contribution is -0.244. The first-order chi connectivity index (χ1) is 11.2. The number of rotatable bonds is 4. The molecule has 1 saturated heterocycles. The Balaban J connectivity index is 2.62. The molecule has 6 nitrogen and oxygen atoms in total. The van der Waals surface area contributed by atoms with E-state index < -0.39 is 35.0 Å². The third kappa shape index (κ3) is 2.98. The Morgan fingerprint density at radius 2 is 1.71 bits per heavy atom. The second-order valence-corrected chi connectivity index (χ2v) is 6.43. The molecule has 0 aromatic heterocycles. The summed E-state index contributed by atoms with van der Waals surface area (Å²) < 4.78 is 15.3. The van der Waals surface area contributed by atoms with Crippen LogP contribution in [0.2, 0.25) is 5.02 Å². The average molecular weight is 355 g/mol. The van der Waals surface area contributed by atoms with E-state index in [1.54, 1.807) is 31.2 Å². The molecule has 0 unspecified atom stereocenters. The Morgan fingerprint density at radius 1 is 1.21 bits per heavy atom. The smallest absolute Gasteiger partial charge is 0.325 e. The molecule has 0 N–H and O–H groups in total. The minimum absolute atomic E-state index is 0.136. The summed E-state index contributed by atoms with van der Waals surface area (Å²) in [4.78, 5) is 37.7. The second-order valence-electron chi connectivity index (χ2n) is 6.00. The van der Waals surface area contributed by atoms with Gasteiger partial charge in [-0.2, -0.15) is 0 Å². The van der Waals surface area contributed by atoms with Gasteiger partial charge in [0.05, 0.1) is 7.11 Å². The summed E-state index contributed by atoms with van der Waals surface area (Å²) >= 11 is 5.90. The van der Waals surface area contributed by atoms with Crippen molar-refractivity contribution >= 4 is 29.5 Å². The summed E-state index contributed by atoms with van der Waals surface area (Å²) in [5.41, 5.74) is -1.12. The number of methoxy groups -OCH3 is 1. The fourth-order valence-electron chi connectivity index (χ4n) is 3.01. The summed E-state index contributed by atoms with van der Waals surface area (Å²) in [6, 6.07) is 6.33. The molecule has 1 aromatic carbocycles. The van der Waals surface area contributed by atoms with Crippen LogP contribution >= 0.6 is 11.6 Å². The molecule has 0 amide bonds. The normalized spacial score (nSPS) is 19.9. The molecular formula is C17H19ClO6. The summed E-state index contributed by atoms with van der Waals surface area (Å²) in [6.45, 7) is 4.59. The number of esters is 3. The molecule has 0 aliphatic carbocycles. The number of carbonyl (C=O) groups is 3. The first-order valence-corrected chi connectivity index (χ1v) is 7.86. The highest BCUT2D eigenvalue weighted by Gasteiger charge is 2.59. The lowest BCUT2D eigenvalue weighted by Crippen LogP contribution is -2.57. The quantitative estimate of drug-likeness (QED) is 0.611. The van der Waals surface area contributed by atoms with Gasteiger partial charge in [-0.3, -0.25) is 14.4 Å². The number of benzene rings is 1. The van der Waals surface area contributed by atoms with Crippen LogP contribution in [0, 0.1) is 5.92 Å². The molecule has 1 aromatic rings. The van der Waals surface area contributed by atoms with Crippen LogP contribution in [0.4, 0.5) is 0 Å². The van der Waals surface area contributed by atoms with Crippen LogP contribution in [0.1, 0.15) is 32.8 Å². The van der Waals surface area contributed by atoms with Crippen molar-refractivity contribution in [2.45, 2.75) is 38.4 Å². The van der Waals surface area contributed by atoms with Gasteiger partial charge in [-0.1, -0.05) is 30.7 Å². The minimum Gasteiger partial charge on any atom is -0.468 e. The van der Waals surface area contributed by atoms with Gasteiger partial charge in [-0.25, -0.2) is 0 Å². The van der Waals surface area contributed by atoms with Crippen molar-refractivity contribution in [1.82, 2.24) is 0 Å². The van der Waals surface area contributed by atoms with Crippen molar-refractivity contribution in [1.29, 1.82) is 0 Å². The van der Waals surface area contributed by atoms with E-state index >= 15 is 0 Å². The number of halogens is 1. The Bertz CT molecular complexity index is 646. The number of hydrogen-bond donors (Lipinski definition) is 0. The third-order valence-electron chi connectivity index (χ3n) is 4.12. The van der Waals surface area contributed by atoms with Crippen molar-refractivity contribution in [3.63, 3.8) is 0 Å². The van der Waals surface area contributed by atoms with E-state index in [1.165, 1.54) is 21.0 Å². The maximum Gasteiger partial charge on any atom is 0.325 e. The predicted molar refractivity (Wildman–Crippen MR) is 85.2 cm³/mol. The Hall–Kier alpha value is -2.08. The maximum absolute atomic E-state index is 12.6. The Kier molecular flexibility index (Phi) is 4.90. The highest BCUT2D eigenvalue weighted by molar-refractivity contribution is 6.30. The van der Waals surface area contributed by atoms with E-state index in [9.17, 15) is 14.4 Å². The van der Waals surface area contributed by atoms with Crippen molar-refractivity contribution in [2.24, 2.45) is 5.92 Å². The van der Waals surface area contributed by atoms with E-state index in [4.69, 9.17) is 25.8 Å². The van der Waals surface area contributed by atoms with Gasteiger partial charge >= 0.3 is 17.9 Å². The van der Waals surface area contributed by atoms with E-state index in [0.717, 1.165) is 0 Å². The van der Waals surface area contributed by atoms with Gasteiger partial charge in [0.15, 0.2) is 5.92 Å². The number of hydrogen-bond acceptors (Lipinski definition) is 6. The average Bonchev–Trinajstić information content (AvgIpc) is 2.50. The van der Waals surface area contributed by atoms with E-state index in [-0.39, 0.29) is 6.42 Å². The number of ether oxygens (including phenoxy) is 3. The Morgan fingerprint density at radius 3 is 2.12 bits per heavy atom. The zero-order valence-electron chi connectivity index (χ0n) is 13.9. The topological polar surface area (TPSA) is 78.9 Å². The van der Waals surface area contributed by atoms with E-state index in [0.29, 0.717) is 10.6 Å². The first-order valence-electron chi connectivity index (χ1n) is 7.48. The molecule has 1 aliphatic heterocycles. The second kappa shape index (κ2) is 6.43. The maximum atomic E-state index is 12.6. The zero-order valence-corrected chi connectivity index (χ0v) is 14.7. The lowest BCUT2D eigenvalue weighted by atomic mass is 9.67. The summed E-state index contributed by atoms with van der Waals surface area (Å²) in [5.74, 6) is -5.19. The lowest BCUT2D eigenvalue weighted by Gasteiger charge is -2.41. The van der Waals surface area contributed by atoms with E-state index in [1.807, 2.05) is 0 Å². The largest absolute Gasteiger partial charge is 0.468 e. The standard InChI is InChI=1S/C17H19ClO6/c1-5-17(15(21)22-4,10-6-8-11(18)9-7-10)12-13(19)23-16(2,3)24-14(12)20/h6-9,12H,5H2,1-4H3/t17-/m1/s1. The van der Waals surface area contributed by atoms with Gasteiger partial charge in [0.1, 0.15) is 5.41 Å². The summed E-state index contributed by atoms with van der Waals surface area (Å²) in [7, 11) is 1.20. The van der Waals surface area contributed by atoms with Crippen molar-refractivity contribution in [3.05, 3.63) is 34.9 Å². The zero-order chi connectivity index (χ0) is 18.1. The van der Waals surface area contributed by atoms with Crippen molar-refractivity contribution in [2.75, 3.05) is 7.11 Å². The fourth-order valence-corrected chi connectivity index (χ4v) is 3.13. The highest BCUT2D eigenvalue weighted by atomic mass is 35.5. The van der Waals surface area contributed by atoms with Gasteiger partial charge < -0.3 is 14.2 Å². The van der Waals surface area contributed by atoms with Crippen LogP contribution in [0.25, 0.3) is 0 Å². The van der Waals surface area contributed by atoms with Crippen LogP contribution in [0.3, 0.4) is 0 Å². The van der Waals surface area contributed by atoms with Gasteiger partial charge in [-0.15, -0.1) is 0 Å². The summed E-state index contributed by atoms with van der Waals surface area (Å²) in [6.07, 6.45) is 0.136. The van der Waals surface area contributed by atoms with Gasteiger partial charge in [-0.05, 0) is 24.1 Å². The molecule has 1 atom stereocenters. The Labute approximate surface area is 145 Å². The molecule has 7 heteroatoms. The molecule has 1 aliphatic rings. The molecule has 0 radical (unpaired) electrons. The fraction of sp³-hybridized carbons (Fsp3) is 0.471. The third-order valence-corrected chi connectivity index (χ3v) is 4.38.